The van der Waals surface area contributed by atoms with Gasteiger partial charge in [-0.2, -0.15) is 0 Å². The number of benzene rings is 1. The Bertz CT molecular complexity index is 462. The zero-order valence-electron chi connectivity index (χ0n) is 8.64. The quantitative estimate of drug-likeness (QED) is 0.735. The predicted octanol–water partition coefficient (Wildman–Crippen LogP) is 0.538. The number of aliphatic hydroxyl groups is 1. The Morgan fingerprint density at radius 1 is 1.56 bits per heavy atom. The van der Waals surface area contributed by atoms with Crippen molar-refractivity contribution in [3.63, 3.8) is 0 Å². The van der Waals surface area contributed by atoms with Crippen LogP contribution in [-0.4, -0.2) is 24.2 Å². The molecule has 1 N–H and O–H groups in total. The van der Waals surface area contributed by atoms with E-state index in [4.69, 9.17) is 16.3 Å². The number of amides is 1. The Balaban J connectivity index is 2.44. The number of nitrogens with zero attached hydrogens (tertiary/aromatic N) is 1. The normalized spacial score (nSPS) is 14.0. The van der Waals surface area contributed by atoms with E-state index >= 15 is 0 Å². The minimum Gasteiger partial charge on any atom is -0.482 e. The smallest absolute Gasteiger partial charge is 0.265 e. The molecular formula is C12H11NO3. The standard InChI is InChI=1S/C12H11NO3/c1-2-5-13-10-6-9(7-14)3-4-11(10)16-8-12(13)15/h1,3-4,6,14H,5,7-8H2. The number of rotatable bonds is 2. The first-order valence-corrected chi connectivity index (χ1v) is 4.86. The van der Waals surface area contributed by atoms with Crippen LogP contribution < -0.4 is 9.64 Å². The van der Waals surface area contributed by atoms with E-state index in [1.54, 1.807) is 18.2 Å². The Labute approximate surface area is 93.4 Å². The third-order valence-corrected chi connectivity index (χ3v) is 2.40. The summed E-state index contributed by atoms with van der Waals surface area (Å²) in [6.07, 6.45) is 5.22. The summed E-state index contributed by atoms with van der Waals surface area (Å²) in [7, 11) is 0. The van der Waals surface area contributed by atoms with E-state index in [0.29, 0.717) is 11.4 Å². The van der Waals surface area contributed by atoms with Crippen molar-refractivity contribution in [2.24, 2.45) is 0 Å². The highest BCUT2D eigenvalue weighted by Gasteiger charge is 2.24. The average Bonchev–Trinajstić information content (AvgIpc) is 2.32. The molecule has 1 aliphatic heterocycles. The summed E-state index contributed by atoms with van der Waals surface area (Å²) in [6.45, 7) is 0.141. The van der Waals surface area contributed by atoms with Crippen LogP contribution >= 0.6 is 0 Å². The molecule has 16 heavy (non-hydrogen) atoms. The van der Waals surface area contributed by atoms with Crippen LogP contribution in [0.1, 0.15) is 5.56 Å². The molecule has 2 rings (SSSR count). The zero-order chi connectivity index (χ0) is 11.5. The summed E-state index contributed by atoms with van der Waals surface area (Å²) in [5.74, 6) is 2.88. The SMILES string of the molecule is C#CCN1C(=O)COc2ccc(CO)cc21. The van der Waals surface area contributed by atoms with E-state index < -0.39 is 0 Å². The molecule has 0 aromatic heterocycles. The van der Waals surface area contributed by atoms with E-state index in [2.05, 4.69) is 5.92 Å². The van der Waals surface area contributed by atoms with Crippen LogP contribution in [0.4, 0.5) is 5.69 Å². The van der Waals surface area contributed by atoms with Gasteiger partial charge in [0.1, 0.15) is 5.75 Å². The van der Waals surface area contributed by atoms with Gasteiger partial charge in [0.25, 0.3) is 5.91 Å². The largest absolute Gasteiger partial charge is 0.482 e. The van der Waals surface area contributed by atoms with Gasteiger partial charge in [0.2, 0.25) is 0 Å². The summed E-state index contributed by atoms with van der Waals surface area (Å²) in [5.41, 5.74) is 1.35. The van der Waals surface area contributed by atoms with Crippen molar-refractivity contribution in [3.05, 3.63) is 23.8 Å². The first-order chi connectivity index (χ1) is 7.76. The molecule has 0 radical (unpaired) electrons. The lowest BCUT2D eigenvalue weighted by Crippen LogP contribution is -2.39. The highest BCUT2D eigenvalue weighted by Crippen LogP contribution is 2.32. The van der Waals surface area contributed by atoms with Gasteiger partial charge in [-0.1, -0.05) is 12.0 Å². The van der Waals surface area contributed by atoms with Crippen LogP contribution in [0, 0.1) is 12.3 Å². The van der Waals surface area contributed by atoms with Gasteiger partial charge in [0, 0.05) is 0 Å². The van der Waals surface area contributed by atoms with E-state index in [1.807, 2.05) is 0 Å². The van der Waals surface area contributed by atoms with Gasteiger partial charge in [-0.05, 0) is 17.7 Å². The number of terminal acetylenes is 1. The van der Waals surface area contributed by atoms with Crippen LogP contribution in [0.2, 0.25) is 0 Å². The van der Waals surface area contributed by atoms with E-state index in [0.717, 1.165) is 5.56 Å². The number of fused-ring (bicyclic) bond motifs is 1. The van der Waals surface area contributed by atoms with E-state index in [-0.39, 0.29) is 25.7 Å². The van der Waals surface area contributed by atoms with Gasteiger partial charge in [-0.25, -0.2) is 0 Å². The van der Waals surface area contributed by atoms with Crippen LogP contribution in [-0.2, 0) is 11.4 Å². The number of carbonyl (C=O) groups excluding carboxylic acids is 1. The third-order valence-electron chi connectivity index (χ3n) is 2.40. The van der Waals surface area contributed by atoms with Crippen molar-refractivity contribution in [1.29, 1.82) is 0 Å². The number of ether oxygens (including phenoxy) is 1. The Morgan fingerprint density at radius 3 is 3.06 bits per heavy atom. The van der Waals surface area contributed by atoms with Crippen LogP contribution in [0.3, 0.4) is 0 Å². The van der Waals surface area contributed by atoms with Crippen molar-refractivity contribution in [3.8, 4) is 18.1 Å². The topological polar surface area (TPSA) is 49.8 Å². The third kappa shape index (κ3) is 1.73. The Hall–Kier alpha value is -1.99. The minimum absolute atomic E-state index is 0.00709. The zero-order valence-corrected chi connectivity index (χ0v) is 8.64. The molecule has 0 unspecified atom stereocenters. The second-order valence-corrected chi connectivity index (χ2v) is 3.43. The number of hydrogen-bond donors (Lipinski definition) is 1. The molecule has 82 valence electrons. The molecule has 0 bridgehead atoms. The van der Waals surface area contributed by atoms with Crippen molar-refractivity contribution < 1.29 is 14.6 Å². The van der Waals surface area contributed by atoms with Gasteiger partial charge in [0.05, 0.1) is 18.8 Å². The van der Waals surface area contributed by atoms with Gasteiger partial charge < -0.3 is 9.84 Å². The molecule has 1 aromatic rings. The minimum atomic E-state index is -0.166. The van der Waals surface area contributed by atoms with Gasteiger partial charge in [0.15, 0.2) is 6.61 Å². The maximum absolute atomic E-state index is 11.6. The Morgan fingerprint density at radius 2 is 2.38 bits per heavy atom. The highest BCUT2D eigenvalue weighted by atomic mass is 16.5. The van der Waals surface area contributed by atoms with Crippen molar-refractivity contribution >= 4 is 11.6 Å². The molecular weight excluding hydrogens is 206 g/mol. The molecule has 0 saturated heterocycles. The molecule has 1 aromatic carbocycles. The summed E-state index contributed by atoms with van der Waals surface area (Å²) >= 11 is 0. The fourth-order valence-corrected chi connectivity index (χ4v) is 1.61. The maximum Gasteiger partial charge on any atom is 0.265 e. The monoisotopic (exact) mass is 217 g/mol. The second-order valence-electron chi connectivity index (χ2n) is 3.43. The molecule has 4 nitrogen and oxygen atoms in total. The van der Waals surface area contributed by atoms with Crippen LogP contribution in [0.15, 0.2) is 18.2 Å². The van der Waals surface area contributed by atoms with Crippen LogP contribution in [0.5, 0.6) is 5.75 Å². The number of anilines is 1. The fraction of sp³-hybridized carbons (Fsp3) is 0.250. The molecule has 1 aliphatic rings. The lowest BCUT2D eigenvalue weighted by molar-refractivity contribution is -0.121. The maximum atomic E-state index is 11.6. The van der Waals surface area contributed by atoms with Gasteiger partial charge >= 0.3 is 0 Å². The van der Waals surface area contributed by atoms with Crippen molar-refractivity contribution in [2.45, 2.75) is 6.61 Å². The summed E-state index contributed by atoms with van der Waals surface area (Å²) in [6, 6.07) is 5.20. The average molecular weight is 217 g/mol. The summed E-state index contributed by atoms with van der Waals surface area (Å²) < 4.78 is 5.27. The molecule has 0 fully saturated rings. The molecule has 0 saturated carbocycles. The molecule has 0 atom stereocenters. The number of carbonyl (C=O) groups is 1. The lowest BCUT2D eigenvalue weighted by atomic mass is 10.1. The molecule has 1 amide bonds. The first-order valence-electron chi connectivity index (χ1n) is 4.86. The van der Waals surface area contributed by atoms with Crippen molar-refractivity contribution in [1.82, 2.24) is 0 Å². The highest BCUT2D eigenvalue weighted by molar-refractivity contribution is 5.98. The summed E-state index contributed by atoms with van der Waals surface area (Å²) in [4.78, 5) is 13.1. The predicted molar refractivity (Wildman–Crippen MR) is 59.0 cm³/mol. The molecule has 0 aliphatic carbocycles. The number of hydrogen-bond acceptors (Lipinski definition) is 3. The fourth-order valence-electron chi connectivity index (χ4n) is 1.61. The molecule has 0 spiro atoms. The van der Waals surface area contributed by atoms with Gasteiger partial charge in [-0.3, -0.25) is 9.69 Å². The lowest BCUT2D eigenvalue weighted by Gasteiger charge is -2.28. The van der Waals surface area contributed by atoms with Gasteiger partial charge in [-0.15, -0.1) is 6.42 Å². The molecule has 4 heteroatoms. The number of aliphatic hydroxyl groups excluding tert-OH is 1. The van der Waals surface area contributed by atoms with E-state index in [9.17, 15) is 4.79 Å². The summed E-state index contributed by atoms with van der Waals surface area (Å²) in [5, 5.41) is 9.04. The Kier molecular flexibility index (Phi) is 2.80. The second kappa shape index (κ2) is 4.25. The van der Waals surface area contributed by atoms with Crippen molar-refractivity contribution in [2.75, 3.05) is 18.1 Å². The van der Waals surface area contributed by atoms with E-state index in [1.165, 1.54) is 4.90 Å². The molecule has 1 heterocycles. The first kappa shape index (κ1) is 10.5. The van der Waals surface area contributed by atoms with Crippen LogP contribution in [0.25, 0.3) is 0 Å².